The van der Waals surface area contributed by atoms with Gasteiger partial charge in [0.1, 0.15) is 24.4 Å². The number of carboxylic acid groups (broad SMARTS) is 2. The van der Waals surface area contributed by atoms with Crippen molar-refractivity contribution in [3.05, 3.63) is 0 Å². The molecule has 48 heavy (non-hydrogen) atoms. The summed E-state index contributed by atoms with van der Waals surface area (Å²) in [7, 11) is 0. The van der Waals surface area contributed by atoms with Crippen LogP contribution in [-0.4, -0.2) is 90.4 Å². The van der Waals surface area contributed by atoms with Gasteiger partial charge in [0.25, 0.3) is 0 Å². The highest BCUT2D eigenvalue weighted by molar-refractivity contribution is 5.66. The highest BCUT2D eigenvalue weighted by Crippen LogP contribution is 2.14. The Morgan fingerprint density at radius 1 is 0.375 bits per heavy atom. The molecule has 10 nitrogen and oxygen atoms in total. The first-order chi connectivity index (χ1) is 23.1. The van der Waals surface area contributed by atoms with Gasteiger partial charge in [-0.15, -0.1) is 0 Å². The molecule has 8 N–H and O–H groups in total. The Kier molecular flexibility index (Phi) is 44.5. The van der Waals surface area contributed by atoms with Crippen LogP contribution < -0.4 is 0 Å². The van der Waals surface area contributed by atoms with Crippen molar-refractivity contribution in [1.82, 2.24) is 0 Å². The predicted molar refractivity (Wildman–Crippen MR) is 194 cm³/mol. The van der Waals surface area contributed by atoms with E-state index in [-0.39, 0.29) is 0 Å². The molecule has 0 rings (SSSR count). The minimum absolute atomic E-state index is 0.345. The second kappa shape index (κ2) is 41.9. The van der Waals surface area contributed by atoms with Gasteiger partial charge >= 0.3 is 11.9 Å². The van der Waals surface area contributed by atoms with E-state index >= 15 is 0 Å². The third-order valence-corrected chi connectivity index (χ3v) is 8.50. The first-order valence-corrected chi connectivity index (χ1v) is 19.5. The fourth-order valence-electron chi connectivity index (χ4n) is 5.26. The van der Waals surface area contributed by atoms with E-state index in [0.717, 1.165) is 25.7 Å². The van der Waals surface area contributed by atoms with Crippen molar-refractivity contribution in [2.75, 3.05) is 13.2 Å². The van der Waals surface area contributed by atoms with Gasteiger partial charge in [-0.1, -0.05) is 168 Å². The molecule has 0 amide bonds. The Bertz CT molecular complexity index is 595. The molecule has 0 fully saturated rings. The van der Waals surface area contributed by atoms with Crippen LogP contribution in [0.5, 0.6) is 0 Å². The van der Waals surface area contributed by atoms with Gasteiger partial charge in [0, 0.05) is 12.8 Å². The molecule has 0 aromatic carbocycles. The second-order valence-electron chi connectivity index (χ2n) is 13.3. The van der Waals surface area contributed by atoms with Crippen LogP contribution in [0.25, 0.3) is 0 Å². The molecule has 0 heterocycles. The van der Waals surface area contributed by atoms with E-state index in [1.165, 1.54) is 141 Å². The number of aliphatic hydroxyl groups is 6. The number of aliphatic carboxylic acids is 2. The fourth-order valence-corrected chi connectivity index (χ4v) is 5.26. The molecule has 0 aliphatic rings. The van der Waals surface area contributed by atoms with Crippen LogP contribution >= 0.6 is 0 Å². The Morgan fingerprint density at radius 2 is 0.562 bits per heavy atom. The van der Waals surface area contributed by atoms with Crippen molar-refractivity contribution in [2.24, 2.45) is 0 Å². The average molecular weight is 695 g/mol. The lowest BCUT2D eigenvalue weighted by Crippen LogP contribution is -2.46. The van der Waals surface area contributed by atoms with Gasteiger partial charge in [0.2, 0.25) is 0 Å². The molecule has 4 unspecified atom stereocenters. The summed E-state index contributed by atoms with van der Waals surface area (Å²) in [6.45, 7) is 3.07. The number of aliphatic hydroxyl groups excluding tert-OH is 6. The summed E-state index contributed by atoms with van der Waals surface area (Å²) in [5, 5.41) is 69.2. The standard InChI is InChI=1S/2C16H32O2.C6H14O6/c2*1-2-3-4-5-6-7-8-9-10-11-12-13-14-15-16(17)18;7-1-3(9)5(11)6(12)4(10)2-8/h2*2-15H2,1H3,(H,17,18);3-12H,1-2H2. The largest absolute Gasteiger partial charge is 0.481 e. The third kappa shape index (κ3) is 42.7. The van der Waals surface area contributed by atoms with Crippen molar-refractivity contribution in [3.8, 4) is 0 Å². The van der Waals surface area contributed by atoms with Crippen LogP contribution in [0.4, 0.5) is 0 Å². The number of carboxylic acids is 2. The maximum Gasteiger partial charge on any atom is 0.303 e. The summed E-state index contributed by atoms with van der Waals surface area (Å²) in [6, 6.07) is 0. The Labute approximate surface area is 293 Å². The molecule has 0 aromatic rings. The van der Waals surface area contributed by atoms with Crippen LogP contribution in [0.3, 0.4) is 0 Å². The van der Waals surface area contributed by atoms with Gasteiger partial charge in [0.05, 0.1) is 13.2 Å². The lowest BCUT2D eigenvalue weighted by atomic mass is 10.0. The lowest BCUT2D eigenvalue weighted by Gasteiger charge is -2.24. The van der Waals surface area contributed by atoms with E-state index in [0.29, 0.717) is 12.8 Å². The first-order valence-electron chi connectivity index (χ1n) is 19.5. The highest BCUT2D eigenvalue weighted by Gasteiger charge is 2.29. The Balaban J connectivity index is -0.000000647. The van der Waals surface area contributed by atoms with Crippen LogP contribution in [-0.2, 0) is 9.59 Å². The van der Waals surface area contributed by atoms with Gasteiger partial charge in [-0.3, -0.25) is 9.59 Å². The predicted octanol–water partition coefficient (Wildman–Crippen LogP) is 7.52. The van der Waals surface area contributed by atoms with Gasteiger partial charge < -0.3 is 40.9 Å². The molecule has 0 spiro atoms. The van der Waals surface area contributed by atoms with E-state index in [1.807, 2.05) is 0 Å². The van der Waals surface area contributed by atoms with Crippen molar-refractivity contribution in [1.29, 1.82) is 0 Å². The zero-order chi connectivity index (χ0) is 36.7. The Hall–Kier alpha value is -1.30. The van der Waals surface area contributed by atoms with Crippen LogP contribution in [0.1, 0.15) is 194 Å². The molecular formula is C38H78O10. The molecule has 0 bridgehead atoms. The second-order valence-corrected chi connectivity index (χ2v) is 13.3. The number of rotatable bonds is 33. The summed E-state index contributed by atoms with van der Waals surface area (Å²) >= 11 is 0. The van der Waals surface area contributed by atoms with Gasteiger partial charge in [-0.25, -0.2) is 0 Å². The summed E-state index contributed by atoms with van der Waals surface area (Å²) < 4.78 is 0. The molecule has 0 radical (unpaired) electrons. The van der Waals surface area contributed by atoms with E-state index in [4.69, 9.17) is 40.9 Å². The zero-order valence-electron chi connectivity index (χ0n) is 30.9. The molecule has 0 saturated heterocycles. The monoisotopic (exact) mass is 695 g/mol. The van der Waals surface area contributed by atoms with E-state index in [2.05, 4.69) is 13.8 Å². The van der Waals surface area contributed by atoms with E-state index in [9.17, 15) is 9.59 Å². The highest BCUT2D eigenvalue weighted by atomic mass is 16.4. The van der Waals surface area contributed by atoms with Crippen LogP contribution in [0.2, 0.25) is 0 Å². The van der Waals surface area contributed by atoms with Crippen molar-refractivity contribution >= 4 is 11.9 Å². The SMILES string of the molecule is CCCCCCCCCCCCCCCC(=O)O.CCCCCCCCCCCCCCCC(=O)O.OCC(O)C(O)C(O)C(O)CO. The minimum Gasteiger partial charge on any atom is -0.481 e. The van der Waals surface area contributed by atoms with Gasteiger partial charge in [-0.05, 0) is 12.8 Å². The maximum atomic E-state index is 10.3. The van der Waals surface area contributed by atoms with E-state index < -0.39 is 49.6 Å². The molecule has 0 aliphatic carbocycles. The van der Waals surface area contributed by atoms with Gasteiger partial charge in [-0.2, -0.15) is 0 Å². The number of unbranched alkanes of at least 4 members (excludes halogenated alkanes) is 24. The molecule has 290 valence electrons. The summed E-state index contributed by atoms with van der Waals surface area (Å²) in [6.07, 6.45) is 28.1. The summed E-state index contributed by atoms with van der Waals surface area (Å²) in [5.41, 5.74) is 0. The molecular weight excluding hydrogens is 616 g/mol. The van der Waals surface area contributed by atoms with Crippen molar-refractivity contribution < 1.29 is 50.4 Å². The lowest BCUT2D eigenvalue weighted by molar-refractivity contribution is -0.138. The quantitative estimate of drug-likeness (QED) is 0.0318. The average Bonchev–Trinajstić information content (AvgIpc) is 3.07. The summed E-state index contributed by atoms with van der Waals surface area (Å²) in [4.78, 5) is 20.6. The molecule has 0 aromatic heterocycles. The molecule has 0 aliphatic heterocycles. The summed E-state index contributed by atoms with van der Waals surface area (Å²) in [5.74, 6) is -1.31. The van der Waals surface area contributed by atoms with Crippen molar-refractivity contribution in [2.45, 2.75) is 218 Å². The van der Waals surface area contributed by atoms with E-state index in [1.54, 1.807) is 0 Å². The normalized spacial score (nSPS) is 13.4. The minimum atomic E-state index is -1.67. The smallest absolute Gasteiger partial charge is 0.303 e. The van der Waals surface area contributed by atoms with Crippen LogP contribution in [0.15, 0.2) is 0 Å². The first kappa shape index (κ1) is 51.1. The van der Waals surface area contributed by atoms with Crippen LogP contribution in [0, 0.1) is 0 Å². The molecule has 10 heteroatoms. The molecule has 0 saturated carbocycles. The maximum absolute atomic E-state index is 10.3. The number of hydrogen-bond donors (Lipinski definition) is 8. The topological polar surface area (TPSA) is 196 Å². The number of hydrogen-bond acceptors (Lipinski definition) is 8. The van der Waals surface area contributed by atoms with Gasteiger partial charge in [0.15, 0.2) is 0 Å². The molecule has 4 atom stereocenters. The Morgan fingerprint density at radius 3 is 0.729 bits per heavy atom. The fraction of sp³-hybridized carbons (Fsp3) is 0.947. The van der Waals surface area contributed by atoms with Crippen molar-refractivity contribution in [3.63, 3.8) is 0 Å². The third-order valence-electron chi connectivity index (χ3n) is 8.50. The number of carbonyl (C=O) groups is 2. The zero-order valence-corrected chi connectivity index (χ0v) is 30.9.